The number of alkyl carbamates (subject to hydrolysis) is 3. The molecule has 8 heterocycles. The number of nitrogens with one attached hydrogen (secondary N) is 7. The molecule has 7 amide bonds. The van der Waals surface area contributed by atoms with Crippen LogP contribution >= 0.6 is 0 Å². The number of esters is 1. The van der Waals surface area contributed by atoms with Crippen molar-refractivity contribution in [2.75, 3.05) is 54.6 Å². The number of nitrogens with zero attached hydrogens (tertiary/aromatic N) is 8. The fourth-order valence-electron chi connectivity index (χ4n) is 17.4. The predicted molar refractivity (Wildman–Crippen MR) is 491 cm³/mol. The third-order valence-electron chi connectivity index (χ3n) is 24.4. The van der Waals surface area contributed by atoms with E-state index >= 15 is 0 Å². The van der Waals surface area contributed by atoms with Crippen molar-refractivity contribution in [2.45, 2.75) is 160 Å². The highest BCUT2D eigenvalue weighted by atomic mass is 19.1. The summed E-state index contributed by atoms with van der Waals surface area (Å²) in [7, 11) is 4.93. The van der Waals surface area contributed by atoms with Crippen LogP contribution in [0.2, 0.25) is 0 Å². The molecule has 688 valence electrons. The third kappa shape index (κ3) is 21.6. The molecular formula is C100H109F2N15O15. The van der Waals surface area contributed by atoms with Crippen molar-refractivity contribution < 1.29 is 80.7 Å². The van der Waals surface area contributed by atoms with E-state index in [9.17, 15) is 51.9 Å². The van der Waals surface area contributed by atoms with Gasteiger partial charge in [-0.25, -0.2) is 47.9 Å². The molecule has 8 aromatic carbocycles. The summed E-state index contributed by atoms with van der Waals surface area (Å²) in [5, 5.41) is 21.2. The second-order valence-corrected chi connectivity index (χ2v) is 34.8. The molecule has 0 radical (unpaired) electrons. The highest BCUT2D eigenvalue weighted by molar-refractivity contribution is 5.94. The van der Waals surface area contributed by atoms with E-state index in [-0.39, 0.29) is 71.5 Å². The number of hydrogen-bond donors (Lipinski definition) is 8. The van der Waals surface area contributed by atoms with Gasteiger partial charge in [0.15, 0.2) is 0 Å². The zero-order valence-corrected chi connectivity index (χ0v) is 75.4. The van der Waals surface area contributed by atoms with E-state index in [1.54, 1.807) is 33.2 Å². The van der Waals surface area contributed by atoms with Gasteiger partial charge in [-0.2, -0.15) is 0 Å². The normalized spacial score (nSPS) is 16.9. The number of H-pyrrole nitrogens is 4. The fraction of sp³-hybridized carbons (Fsp3) is 0.350. The topological polar surface area (TPSA) is 384 Å². The van der Waals surface area contributed by atoms with Gasteiger partial charge in [0.2, 0.25) is 11.8 Å². The number of halogens is 2. The number of carboxylic acids is 1. The number of ether oxygens (including phenoxy) is 5. The lowest BCUT2D eigenvalue weighted by Crippen LogP contribution is -2.51. The Morgan fingerprint density at radius 3 is 1.08 bits per heavy atom. The molecule has 4 saturated heterocycles. The molecule has 30 nitrogen and oxygen atoms in total. The fourth-order valence-corrected chi connectivity index (χ4v) is 17.4. The van der Waals surface area contributed by atoms with E-state index in [4.69, 9.17) is 34.0 Å². The average molecular weight is 1800 g/mol. The number of carbonyl (C=O) groups excluding carboxylic acids is 8. The molecule has 0 unspecified atom stereocenters. The molecule has 4 aromatic heterocycles. The molecule has 4 aliphatic rings. The zero-order chi connectivity index (χ0) is 93.8. The van der Waals surface area contributed by atoms with Crippen molar-refractivity contribution in [3.8, 4) is 67.3 Å². The summed E-state index contributed by atoms with van der Waals surface area (Å²) in [4.78, 5) is 152. The summed E-state index contributed by atoms with van der Waals surface area (Å²) >= 11 is 0. The first kappa shape index (κ1) is 93.6. The highest BCUT2D eigenvalue weighted by Gasteiger charge is 2.42. The van der Waals surface area contributed by atoms with E-state index in [1.807, 2.05) is 77.9 Å². The highest BCUT2D eigenvalue weighted by Crippen LogP contribution is 2.41. The van der Waals surface area contributed by atoms with Gasteiger partial charge in [-0.3, -0.25) is 28.9 Å². The summed E-state index contributed by atoms with van der Waals surface area (Å²) in [5.41, 5.74) is 11.2. The van der Waals surface area contributed by atoms with Crippen molar-refractivity contribution in [3.05, 3.63) is 241 Å². The maximum absolute atomic E-state index is 14.9. The summed E-state index contributed by atoms with van der Waals surface area (Å²) in [5.74, 6) is -2.48. The maximum atomic E-state index is 14.9. The van der Waals surface area contributed by atoms with Gasteiger partial charge < -0.3 is 79.4 Å². The van der Waals surface area contributed by atoms with Gasteiger partial charge in [0.25, 0.3) is 5.91 Å². The lowest BCUT2D eigenvalue weighted by Gasteiger charge is -2.30. The third-order valence-corrected chi connectivity index (χ3v) is 24.4. The molecule has 0 bridgehead atoms. The van der Waals surface area contributed by atoms with Crippen molar-refractivity contribution in [3.63, 3.8) is 0 Å². The molecule has 32 heteroatoms. The Kier molecular flexibility index (Phi) is 29.4. The molecule has 12 aromatic rings. The first-order valence-corrected chi connectivity index (χ1v) is 44.2. The minimum absolute atomic E-state index is 0.0135. The molecule has 0 spiro atoms. The van der Waals surface area contributed by atoms with Gasteiger partial charge >= 0.3 is 36.3 Å². The van der Waals surface area contributed by atoms with Crippen LogP contribution < -0.4 is 16.0 Å². The second kappa shape index (κ2) is 41.4. The zero-order valence-electron chi connectivity index (χ0n) is 75.4. The Morgan fingerprint density at radius 1 is 0.409 bits per heavy atom. The average Bonchev–Trinajstić information content (AvgIpc) is 0.830. The Hall–Kier alpha value is -14.6. The van der Waals surface area contributed by atoms with E-state index in [0.29, 0.717) is 44.2 Å². The number of carbonyl (C=O) groups is 9. The molecular weight excluding hydrogens is 1690 g/mol. The van der Waals surface area contributed by atoms with Gasteiger partial charge in [0.05, 0.1) is 113 Å². The van der Waals surface area contributed by atoms with Crippen LogP contribution in [0, 0.1) is 23.5 Å². The number of aromatic nitrogens is 8. The molecule has 8 N–H and O–H groups in total. The number of imidazole rings is 4. The van der Waals surface area contributed by atoms with Crippen LogP contribution in [0.25, 0.3) is 88.8 Å². The largest absolute Gasteiger partial charge is 0.481 e. The van der Waals surface area contributed by atoms with E-state index in [1.165, 1.54) is 57.7 Å². The molecule has 4 aliphatic heterocycles. The van der Waals surface area contributed by atoms with Crippen LogP contribution in [0.4, 0.5) is 28.0 Å². The summed E-state index contributed by atoms with van der Waals surface area (Å²) in [6, 6.07) is 49.8. The van der Waals surface area contributed by atoms with E-state index in [2.05, 4.69) is 160 Å². The summed E-state index contributed by atoms with van der Waals surface area (Å²) in [6.45, 7) is 15.5. The molecule has 16 rings (SSSR count). The van der Waals surface area contributed by atoms with Crippen LogP contribution in [0.5, 0.6) is 0 Å². The van der Waals surface area contributed by atoms with Gasteiger partial charge in [0, 0.05) is 48.4 Å². The number of benzene rings is 8. The summed E-state index contributed by atoms with van der Waals surface area (Å²) < 4.78 is 52.5. The SMILES string of the molecule is COC(=O)C[C@@H](C(=O)O)c1ccccc1F.COC(=O)N[C@H](C(=O)N1CCC[C@H]1c1ncc(-c2ccc3cc(-c4ccc(-c5cnc([C@@H]6CCCN6C(=O)OC(C)(C)C)[nH]5)cc4)ccc3c2)[nH]1)C(C)C.COC(=O)N[C@H](C(=O)N1CCC[C@H]1c1ncc(-c2ccc3cc(-c4ccc(-c5cnc([C@@H]6CCCN6C(=O)[C@H](NC(=O)OC)c6ccccc6F)[nH]5)cc4)ccc3c2)[nH]1)C(C)C. The molecule has 4 fully saturated rings. The predicted octanol–water partition coefficient (Wildman–Crippen LogP) is 18.2. The standard InChI is InChI=1S/C47H49FN8O6.C42H49N7O5.C11H11FO4/c1-27(2)40(53-46(59)61-3)44(57)55-21-7-11-38(55)43-50-26-37(52-43)33-20-19-31-23-30(17-18-32(31)24-33)28-13-15-29(16-14-28)36-25-49-42(51-36)39-12-8-22-56(39)45(58)41(54-47(60)62-4)34-9-5-6-10-35(34)48;1-25(2)36(47-40(51)53-6)39(50)48-19-7-9-34(48)37-44-24-33(46-37)31-18-17-29-21-28(15-16-30(29)22-31)26-11-13-27(14-12-26)32-23-43-38(45-32)35-10-8-20-49(35)41(52)54-42(3,4)5;1-16-10(13)6-8(11(14)15)7-4-2-3-5-9(7)12/h5-6,9-10,13-20,23-27,38-41H,7-8,11-12,21-22H2,1-4H3,(H,49,51)(H,50,52)(H,53,59)(H,54,60);11-18,21-25,34-36H,7-10,19-20H2,1-6H3,(H,43,45)(H,44,46)(H,47,51);2-5,8H,6H2,1H3,(H,14,15)/t38-,39-,40-,41+;34-,35-,36-;8-/m001/s1. The number of hydrogen-bond acceptors (Lipinski definition) is 18. The minimum Gasteiger partial charge on any atom is -0.481 e. The minimum atomic E-state index is -1.26. The van der Waals surface area contributed by atoms with Gasteiger partial charge in [-0.15, -0.1) is 0 Å². The van der Waals surface area contributed by atoms with Crippen molar-refractivity contribution in [1.82, 2.24) is 75.4 Å². The lowest BCUT2D eigenvalue weighted by atomic mass is 9.95. The van der Waals surface area contributed by atoms with Gasteiger partial charge in [-0.05, 0) is 175 Å². The Labute approximate surface area is 762 Å². The van der Waals surface area contributed by atoms with Gasteiger partial charge in [0.1, 0.15) is 58.7 Å². The first-order chi connectivity index (χ1) is 63.5. The Bertz CT molecular complexity index is 6180. The van der Waals surface area contributed by atoms with E-state index < -0.39 is 77.4 Å². The van der Waals surface area contributed by atoms with Crippen LogP contribution in [-0.4, -0.2) is 191 Å². The number of amides is 7. The van der Waals surface area contributed by atoms with Crippen molar-refractivity contribution in [1.29, 1.82) is 0 Å². The van der Waals surface area contributed by atoms with Crippen LogP contribution in [-0.2, 0) is 47.7 Å². The number of aliphatic carboxylic acids is 1. The number of fused-ring (bicyclic) bond motifs is 2. The number of carboxylic acid groups (broad SMARTS) is 1. The number of aromatic amines is 4. The Morgan fingerprint density at radius 2 is 0.727 bits per heavy atom. The molecule has 0 saturated carbocycles. The molecule has 8 atom stereocenters. The number of methoxy groups -OCH3 is 4. The van der Waals surface area contributed by atoms with Crippen molar-refractivity contribution in [2.24, 2.45) is 11.8 Å². The number of rotatable bonds is 23. The van der Waals surface area contributed by atoms with Crippen LogP contribution in [0.3, 0.4) is 0 Å². The van der Waals surface area contributed by atoms with Crippen LogP contribution in [0.1, 0.15) is 177 Å². The first-order valence-electron chi connectivity index (χ1n) is 44.2. The lowest BCUT2D eigenvalue weighted by molar-refractivity contribution is -0.147. The molecule has 0 aliphatic carbocycles. The van der Waals surface area contributed by atoms with Gasteiger partial charge in [-0.1, -0.05) is 161 Å². The maximum Gasteiger partial charge on any atom is 0.410 e. The van der Waals surface area contributed by atoms with Crippen molar-refractivity contribution >= 4 is 75.6 Å². The molecule has 132 heavy (non-hydrogen) atoms. The van der Waals surface area contributed by atoms with E-state index in [0.717, 1.165) is 159 Å². The second-order valence-electron chi connectivity index (χ2n) is 34.8. The van der Waals surface area contributed by atoms with Crippen LogP contribution in [0.15, 0.2) is 195 Å². The Balaban J connectivity index is 0.000000183. The quantitative estimate of drug-likeness (QED) is 0.0218. The smallest absolute Gasteiger partial charge is 0.410 e. The number of likely N-dealkylation sites (tertiary alicyclic amines) is 4. The summed E-state index contributed by atoms with van der Waals surface area (Å²) in [6.07, 6.45) is 10.8. The monoisotopic (exact) mass is 1800 g/mol.